The number of aromatic nitrogens is 1. The van der Waals surface area contributed by atoms with Crippen LogP contribution in [-0.4, -0.2) is 54.0 Å². The molecule has 1 saturated heterocycles. The molecule has 0 aromatic carbocycles. The Bertz CT molecular complexity index is 486. The predicted molar refractivity (Wildman–Crippen MR) is 68.5 cm³/mol. The van der Waals surface area contributed by atoms with E-state index in [0.29, 0.717) is 26.3 Å². The standard InChI is InChI=1S/C13H16FN3O3/c1-9(13(19)17-4-6-20-7-5-17)16-12(18)10-2-3-11(14)15-8-10/h2-3,8-9H,4-7H2,1H3,(H,16,18). The minimum Gasteiger partial charge on any atom is -0.378 e. The van der Waals surface area contributed by atoms with Gasteiger partial charge in [0.2, 0.25) is 11.9 Å². The molecule has 1 N–H and O–H groups in total. The molecule has 1 atom stereocenters. The van der Waals surface area contributed by atoms with Gasteiger partial charge in [0.25, 0.3) is 5.91 Å². The number of pyridine rings is 1. The van der Waals surface area contributed by atoms with Gasteiger partial charge in [-0.1, -0.05) is 0 Å². The van der Waals surface area contributed by atoms with Crippen molar-refractivity contribution >= 4 is 11.8 Å². The molecule has 2 heterocycles. The molecular formula is C13H16FN3O3. The summed E-state index contributed by atoms with van der Waals surface area (Å²) in [6.07, 6.45) is 1.14. The Morgan fingerprint density at radius 1 is 1.40 bits per heavy atom. The van der Waals surface area contributed by atoms with Gasteiger partial charge in [-0.05, 0) is 19.1 Å². The average molecular weight is 281 g/mol. The summed E-state index contributed by atoms with van der Waals surface area (Å²) in [6.45, 7) is 3.68. The number of ether oxygens (including phenoxy) is 1. The SMILES string of the molecule is CC(NC(=O)c1ccc(F)nc1)C(=O)N1CCOCC1. The highest BCUT2D eigenvalue weighted by molar-refractivity contribution is 5.97. The van der Waals surface area contributed by atoms with Crippen molar-refractivity contribution in [1.29, 1.82) is 0 Å². The lowest BCUT2D eigenvalue weighted by molar-refractivity contribution is -0.136. The largest absolute Gasteiger partial charge is 0.378 e. The highest BCUT2D eigenvalue weighted by atomic mass is 19.1. The first kappa shape index (κ1) is 14.4. The maximum absolute atomic E-state index is 12.7. The van der Waals surface area contributed by atoms with Gasteiger partial charge in [-0.2, -0.15) is 4.39 Å². The van der Waals surface area contributed by atoms with Gasteiger partial charge in [-0.25, -0.2) is 4.98 Å². The van der Waals surface area contributed by atoms with Crippen LogP contribution < -0.4 is 5.32 Å². The molecule has 0 spiro atoms. The van der Waals surface area contributed by atoms with Gasteiger partial charge in [0.1, 0.15) is 6.04 Å². The quantitative estimate of drug-likeness (QED) is 0.803. The summed E-state index contributed by atoms with van der Waals surface area (Å²) in [5, 5.41) is 2.58. The molecule has 0 aliphatic carbocycles. The molecular weight excluding hydrogens is 265 g/mol. The summed E-state index contributed by atoms with van der Waals surface area (Å²) in [5.41, 5.74) is 0.216. The summed E-state index contributed by atoms with van der Waals surface area (Å²) < 4.78 is 17.8. The molecule has 7 heteroatoms. The van der Waals surface area contributed by atoms with Gasteiger partial charge in [0, 0.05) is 19.3 Å². The zero-order valence-electron chi connectivity index (χ0n) is 11.1. The lowest BCUT2D eigenvalue weighted by atomic mass is 10.2. The van der Waals surface area contributed by atoms with E-state index >= 15 is 0 Å². The normalized spacial score (nSPS) is 16.6. The van der Waals surface area contributed by atoms with Crippen molar-refractivity contribution in [1.82, 2.24) is 15.2 Å². The van der Waals surface area contributed by atoms with Gasteiger partial charge in [0.15, 0.2) is 0 Å². The molecule has 1 aromatic heterocycles. The van der Waals surface area contributed by atoms with E-state index in [2.05, 4.69) is 10.3 Å². The van der Waals surface area contributed by atoms with Crippen LogP contribution in [0.25, 0.3) is 0 Å². The highest BCUT2D eigenvalue weighted by Crippen LogP contribution is 2.03. The van der Waals surface area contributed by atoms with Gasteiger partial charge in [-0.15, -0.1) is 0 Å². The third-order valence-electron chi connectivity index (χ3n) is 3.03. The molecule has 0 bridgehead atoms. The lowest BCUT2D eigenvalue weighted by Gasteiger charge is -2.29. The van der Waals surface area contributed by atoms with E-state index < -0.39 is 17.9 Å². The zero-order valence-corrected chi connectivity index (χ0v) is 11.1. The Hall–Kier alpha value is -2.02. The van der Waals surface area contributed by atoms with Crippen molar-refractivity contribution in [3.8, 4) is 0 Å². The predicted octanol–water partition coefficient (Wildman–Crippen LogP) is 0.198. The Labute approximate surface area is 115 Å². The number of hydrogen-bond donors (Lipinski definition) is 1. The van der Waals surface area contributed by atoms with E-state index in [0.717, 1.165) is 12.3 Å². The van der Waals surface area contributed by atoms with E-state index in [1.165, 1.54) is 6.07 Å². The number of halogens is 1. The Balaban J connectivity index is 1.92. The van der Waals surface area contributed by atoms with Crippen LogP contribution >= 0.6 is 0 Å². The summed E-state index contributed by atoms with van der Waals surface area (Å²) in [5.74, 6) is -1.26. The average Bonchev–Trinajstić information content (AvgIpc) is 2.48. The van der Waals surface area contributed by atoms with Crippen LogP contribution in [-0.2, 0) is 9.53 Å². The third-order valence-corrected chi connectivity index (χ3v) is 3.03. The van der Waals surface area contributed by atoms with Crippen LogP contribution in [0.1, 0.15) is 17.3 Å². The van der Waals surface area contributed by atoms with E-state index in [-0.39, 0.29) is 11.5 Å². The first-order valence-electron chi connectivity index (χ1n) is 6.37. The van der Waals surface area contributed by atoms with E-state index in [4.69, 9.17) is 4.74 Å². The molecule has 1 aromatic rings. The second kappa shape index (κ2) is 6.42. The number of nitrogens with zero attached hydrogens (tertiary/aromatic N) is 2. The molecule has 0 radical (unpaired) electrons. The van der Waals surface area contributed by atoms with Crippen molar-refractivity contribution in [3.63, 3.8) is 0 Å². The van der Waals surface area contributed by atoms with Gasteiger partial charge in [0.05, 0.1) is 18.8 Å². The fraction of sp³-hybridized carbons (Fsp3) is 0.462. The summed E-state index contributed by atoms with van der Waals surface area (Å²) in [4.78, 5) is 29.0. The van der Waals surface area contributed by atoms with Crippen LogP contribution in [0, 0.1) is 5.95 Å². The number of hydrogen-bond acceptors (Lipinski definition) is 4. The molecule has 1 fully saturated rings. The second-order valence-corrected chi connectivity index (χ2v) is 4.50. The number of nitrogens with one attached hydrogen (secondary N) is 1. The molecule has 0 saturated carbocycles. The van der Waals surface area contributed by atoms with Crippen LogP contribution in [0.15, 0.2) is 18.3 Å². The Morgan fingerprint density at radius 2 is 2.10 bits per heavy atom. The van der Waals surface area contributed by atoms with E-state index in [1.54, 1.807) is 11.8 Å². The maximum Gasteiger partial charge on any atom is 0.253 e. The van der Waals surface area contributed by atoms with Crippen molar-refractivity contribution < 1.29 is 18.7 Å². The summed E-state index contributed by atoms with van der Waals surface area (Å²) >= 11 is 0. The number of morpholine rings is 1. The molecule has 20 heavy (non-hydrogen) atoms. The van der Waals surface area contributed by atoms with Crippen molar-refractivity contribution in [2.75, 3.05) is 26.3 Å². The topological polar surface area (TPSA) is 71.5 Å². The second-order valence-electron chi connectivity index (χ2n) is 4.50. The molecule has 2 amide bonds. The molecule has 2 rings (SSSR count). The maximum atomic E-state index is 12.7. The molecule has 108 valence electrons. The van der Waals surface area contributed by atoms with Crippen LogP contribution in [0.4, 0.5) is 4.39 Å². The third kappa shape index (κ3) is 3.51. The Morgan fingerprint density at radius 3 is 2.70 bits per heavy atom. The molecule has 1 aliphatic rings. The van der Waals surface area contributed by atoms with Crippen molar-refractivity contribution in [2.24, 2.45) is 0 Å². The molecule has 1 aliphatic heterocycles. The zero-order chi connectivity index (χ0) is 14.5. The van der Waals surface area contributed by atoms with E-state index in [9.17, 15) is 14.0 Å². The Kier molecular flexibility index (Phi) is 4.62. The van der Waals surface area contributed by atoms with Gasteiger partial charge >= 0.3 is 0 Å². The fourth-order valence-electron chi connectivity index (χ4n) is 1.91. The first-order chi connectivity index (χ1) is 9.58. The van der Waals surface area contributed by atoms with Crippen molar-refractivity contribution in [3.05, 3.63) is 29.8 Å². The monoisotopic (exact) mass is 281 g/mol. The highest BCUT2D eigenvalue weighted by Gasteiger charge is 2.24. The van der Waals surface area contributed by atoms with Crippen molar-refractivity contribution in [2.45, 2.75) is 13.0 Å². The number of carbonyl (C=O) groups excluding carboxylic acids is 2. The first-order valence-corrected chi connectivity index (χ1v) is 6.37. The van der Waals surface area contributed by atoms with Gasteiger partial charge in [-0.3, -0.25) is 9.59 Å². The van der Waals surface area contributed by atoms with Crippen LogP contribution in [0.2, 0.25) is 0 Å². The smallest absolute Gasteiger partial charge is 0.253 e. The minimum absolute atomic E-state index is 0.156. The minimum atomic E-state index is -0.654. The fourth-order valence-corrected chi connectivity index (χ4v) is 1.91. The van der Waals surface area contributed by atoms with Crippen LogP contribution in [0.3, 0.4) is 0 Å². The van der Waals surface area contributed by atoms with Crippen LogP contribution in [0.5, 0.6) is 0 Å². The molecule has 1 unspecified atom stereocenters. The summed E-state index contributed by atoms with van der Waals surface area (Å²) in [6, 6.07) is 1.78. The van der Waals surface area contributed by atoms with Gasteiger partial charge < -0.3 is 15.0 Å². The number of rotatable bonds is 3. The van der Waals surface area contributed by atoms with E-state index in [1.807, 2.05) is 0 Å². The molecule has 6 nitrogen and oxygen atoms in total. The number of amides is 2. The lowest BCUT2D eigenvalue weighted by Crippen LogP contribution is -2.50. The number of carbonyl (C=O) groups is 2. The summed E-state index contributed by atoms with van der Waals surface area (Å²) in [7, 11) is 0.